The van der Waals surface area contributed by atoms with E-state index in [2.05, 4.69) is 15.9 Å². The zero-order valence-corrected chi connectivity index (χ0v) is 8.72. The molecule has 1 rings (SSSR count). The Kier molecular flexibility index (Phi) is 3.35. The Hall–Kier alpha value is -0.980. The topological polar surface area (TPSA) is 26.3 Å². The first-order valence-corrected chi connectivity index (χ1v) is 4.44. The third-order valence-electron chi connectivity index (χ3n) is 1.21. The van der Waals surface area contributed by atoms with Gasteiger partial charge in [-0.25, -0.2) is 4.79 Å². The summed E-state index contributed by atoms with van der Waals surface area (Å²) in [7, 11) is 0. The minimum atomic E-state index is -0.760. The van der Waals surface area contributed by atoms with Gasteiger partial charge in [0.2, 0.25) is 0 Å². The van der Waals surface area contributed by atoms with Crippen molar-refractivity contribution in [2.45, 2.75) is 0 Å². The predicted octanol–water partition coefficient (Wildman–Crippen LogP) is 2.64. The van der Waals surface area contributed by atoms with Crippen molar-refractivity contribution in [1.82, 2.24) is 0 Å². The van der Waals surface area contributed by atoms with Crippen LogP contribution in [0.1, 0.15) is 0 Å². The predicted molar refractivity (Wildman–Crippen MR) is 53.6 cm³/mol. The molecule has 0 saturated carbocycles. The van der Waals surface area contributed by atoms with Gasteiger partial charge in [-0.3, -0.25) is 0 Å². The zero-order valence-electron chi connectivity index (χ0n) is 6.38. The van der Waals surface area contributed by atoms with Gasteiger partial charge in [0.25, 0.3) is 0 Å². The first-order valence-electron chi connectivity index (χ1n) is 3.27. The highest BCUT2D eigenvalue weighted by Crippen LogP contribution is 2.27. The van der Waals surface area contributed by atoms with Crippen LogP contribution in [0, 0.1) is 12.3 Å². The minimum Gasteiger partial charge on any atom is -0.415 e. The molecular formula is C9H4BrClO2. The van der Waals surface area contributed by atoms with Crippen molar-refractivity contribution in [3.63, 3.8) is 0 Å². The molecule has 0 aromatic heterocycles. The van der Waals surface area contributed by atoms with Crippen molar-refractivity contribution in [3.8, 4) is 18.1 Å². The highest BCUT2D eigenvalue weighted by molar-refractivity contribution is 9.10. The van der Waals surface area contributed by atoms with E-state index in [0.29, 0.717) is 5.02 Å². The second kappa shape index (κ2) is 4.31. The Bertz CT molecular complexity index is 382. The number of rotatable bonds is 1. The van der Waals surface area contributed by atoms with Crippen LogP contribution in [0.25, 0.3) is 0 Å². The lowest BCUT2D eigenvalue weighted by molar-refractivity contribution is -0.128. The second-order valence-corrected chi connectivity index (χ2v) is 3.43. The van der Waals surface area contributed by atoms with Gasteiger partial charge < -0.3 is 4.74 Å². The average molecular weight is 259 g/mol. The number of ether oxygens (including phenoxy) is 1. The van der Waals surface area contributed by atoms with Gasteiger partial charge in [0.15, 0.2) is 5.75 Å². The summed E-state index contributed by atoms with van der Waals surface area (Å²) < 4.78 is 5.53. The molecular weight excluding hydrogens is 255 g/mol. The SMILES string of the molecule is C#CC(=O)Oc1ccc(Br)cc1Cl. The minimum absolute atomic E-state index is 0.257. The summed E-state index contributed by atoms with van der Waals surface area (Å²) in [6.07, 6.45) is 4.82. The van der Waals surface area contributed by atoms with Crippen LogP contribution in [0.2, 0.25) is 5.02 Å². The molecule has 0 atom stereocenters. The van der Waals surface area contributed by atoms with E-state index in [9.17, 15) is 4.79 Å². The number of benzene rings is 1. The van der Waals surface area contributed by atoms with Crippen LogP contribution in [0.3, 0.4) is 0 Å². The van der Waals surface area contributed by atoms with E-state index in [1.54, 1.807) is 18.2 Å². The van der Waals surface area contributed by atoms with Gasteiger partial charge in [-0.15, -0.1) is 6.42 Å². The summed E-state index contributed by atoms with van der Waals surface area (Å²) >= 11 is 8.97. The lowest BCUT2D eigenvalue weighted by atomic mass is 10.3. The summed E-state index contributed by atoms with van der Waals surface area (Å²) in [6.45, 7) is 0. The maximum atomic E-state index is 10.7. The van der Waals surface area contributed by atoms with Gasteiger partial charge in [0.1, 0.15) is 0 Å². The molecule has 0 unspecified atom stereocenters. The van der Waals surface area contributed by atoms with Gasteiger partial charge in [-0.1, -0.05) is 27.5 Å². The molecule has 0 heterocycles. The third-order valence-corrected chi connectivity index (χ3v) is 2.00. The molecule has 4 heteroatoms. The highest BCUT2D eigenvalue weighted by Gasteiger charge is 2.05. The van der Waals surface area contributed by atoms with E-state index in [1.165, 1.54) is 0 Å². The Morgan fingerprint density at radius 3 is 2.85 bits per heavy atom. The number of carbonyl (C=O) groups excluding carboxylic acids is 1. The standard InChI is InChI=1S/C9H4BrClO2/c1-2-9(12)13-8-4-3-6(10)5-7(8)11/h1,3-5H. The molecule has 0 saturated heterocycles. The number of terminal acetylenes is 1. The lowest BCUT2D eigenvalue weighted by Crippen LogP contribution is -2.03. The highest BCUT2D eigenvalue weighted by atomic mass is 79.9. The molecule has 0 fully saturated rings. The fraction of sp³-hybridized carbons (Fsp3) is 0. The van der Waals surface area contributed by atoms with Crippen LogP contribution in [-0.4, -0.2) is 5.97 Å². The largest absolute Gasteiger partial charge is 0.415 e. The molecule has 0 N–H and O–H groups in total. The number of carbonyl (C=O) groups is 1. The molecule has 0 aliphatic rings. The summed E-state index contributed by atoms with van der Waals surface area (Å²) in [5.41, 5.74) is 0. The van der Waals surface area contributed by atoms with E-state index in [1.807, 2.05) is 5.92 Å². The van der Waals surface area contributed by atoms with Gasteiger partial charge in [-0.05, 0) is 18.2 Å². The summed E-state index contributed by atoms with van der Waals surface area (Å²) in [6, 6.07) is 4.87. The number of hydrogen-bond donors (Lipinski definition) is 0. The van der Waals surface area contributed by atoms with Gasteiger partial charge in [0, 0.05) is 10.4 Å². The van der Waals surface area contributed by atoms with Gasteiger partial charge in [-0.2, -0.15) is 0 Å². The van der Waals surface area contributed by atoms with Crippen molar-refractivity contribution in [1.29, 1.82) is 0 Å². The molecule has 1 aromatic carbocycles. The molecule has 0 aliphatic heterocycles. The Balaban J connectivity index is 2.91. The van der Waals surface area contributed by atoms with E-state index < -0.39 is 5.97 Å². The fourth-order valence-electron chi connectivity index (χ4n) is 0.687. The van der Waals surface area contributed by atoms with Crippen LogP contribution in [0.5, 0.6) is 5.75 Å². The summed E-state index contributed by atoms with van der Waals surface area (Å²) in [5, 5.41) is 0.331. The third kappa shape index (κ3) is 2.76. The van der Waals surface area contributed by atoms with Crippen molar-refractivity contribution in [2.24, 2.45) is 0 Å². The van der Waals surface area contributed by atoms with Crippen molar-refractivity contribution in [2.75, 3.05) is 0 Å². The summed E-state index contributed by atoms with van der Waals surface area (Å²) in [4.78, 5) is 10.7. The normalized spacial score (nSPS) is 9.00. The van der Waals surface area contributed by atoms with Crippen LogP contribution in [0.4, 0.5) is 0 Å². The van der Waals surface area contributed by atoms with Crippen LogP contribution in [-0.2, 0) is 4.79 Å². The Labute approximate surface area is 89.0 Å². The van der Waals surface area contributed by atoms with E-state index in [-0.39, 0.29) is 5.75 Å². The zero-order chi connectivity index (χ0) is 9.84. The van der Waals surface area contributed by atoms with Gasteiger partial charge in [0.05, 0.1) is 5.02 Å². The number of esters is 1. The van der Waals surface area contributed by atoms with E-state index in [0.717, 1.165) is 4.47 Å². The second-order valence-electron chi connectivity index (χ2n) is 2.11. The molecule has 0 radical (unpaired) electrons. The number of hydrogen-bond acceptors (Lipinski definition) is 2. The van der Waals surface area contributed by atoms with Gasteiger partial charge >= 0.3 is 5.97 Å². The van der Waals surface area contributed by atoms with Crippen molar-refractivity contribution < 1.29 is 9.53 Å². The fourth-order valence-corrected chi connectivity index (χ4v) is 1.40. The number of halogens is 2. The maximum absolute atomic E-state index is 10.7. The molecule has 0 aliphatic carbocycles. The quantitative estimate of drug-likeness (QED) is 0.335. The molecule has 13 heavy (non-hydrogen) atoms. The average Bonchev–Trinajstić information content (AvgIpc) is 2.09. The smallest absolute Gasteiger partial charge is 0.389 e. The first kappa shape index (κ1) is 10.1. The molecule has 0 bridgehead atoms. The van der Waals surface area contributed by atoms with Crippen LogP contribution >= 0.6 is 27.5 Å². The van der Waals surface area contributed by atoms with Crippen molar-refractivity contribution in [3.05, 3.63) is 27.7 Å². The monoisotopic (exact) mass is 258 g/mol. The maximum Gasteiger partial charge on any atom is 0.389 e. The lowest BCUT2D eigenvalue weighted by Gasteiger charge is -2.02. The molecule has 0 spiro atoms. The van der Waals surface area contributed by atoms with E-state index in [4.69, 9.17) is 22.8 Å². The van der Waals surface area contributed by atoms with Crippen LogP contribution < -0.4 is 4.74 Å². The van der Waals surface area contributed by atoms with Crippen LogP contribution in [0.15, 0.2) is 22.7 Å². The van der Waals surface area contributed by atoms with E-state index >= 15 is 0 Å². The Morgan fingerprint density at radius 2 is 2.31 bits per heavy atom. The molecule has 1 aromatic rings. The first-order chi connectivity index (χ1) is 6.13. The van der Waals surface area contributed by atoms with Crippen molar-refractivity contribution >= 4 is 33.5 Å². The molecule has 0 amide bonds. The molecule has 2 nitrogen and oxygen atoms in total. The Morgan fingerprint density at radius 1 is 1.62 bits per heavy atom. The molecule has 66 valence electrons. The summed E-state index contributed by atoms with van der Waals surface area (Å²) in [5.74, 6) is 1.32.